The zero-order valence-electron chi connectivity index (χ0n) is 10.1. The summed E-state index contributed by atoms with van der Waals surface area (Å²) in [6, 6.07) is 16.6. The van der Waals surface area contributed by atoms with Gasteiger partial charge in [0.2, 0.25) is 0 Å². The van der Waals surface area contributed by atoms with Crippen LogP contribution in [0.4, 0.5) is 11.4 Å². The fraction of sp³-hybridized carbons (Fsp3) is 0.0667. The van der Waals surface area contributed by atoms with Crippen LogP contribution in [0.3, 0.4) is 0 Å². The number of hydrogen-bond acceptors (Lipinski definition) is 2. The van der Waals surface area contributed by atoms with Gasteiger partial charge in [0, 0.05) is 11.9 Å². The van der Waals surface area contributed by atoms with Gasteiger partial charge in [0.05, 0.1) is 11.3 Å². The summed E-state index contributed by atoms with van der Waals surface area (Å²) in [7, 11) is 0. The van der Waals surface area contributed by atoms with Crippen molar-refractivity contribution in [2.24, 2.45) is 4.99 Å². The van der Waals surface area contributed by atoms with Crippen LogP contribution in [-0.2, 0) is 0 Å². The number of aliphatic imine (C=N–C) groups is 1. The Morgan fingerprint density at radius 1 is 1.06 bits per heavy atom. The molecule has 1 N–H and O–H groups in total. The summed E-state index contributed by atoms with van der Waals surface area (Å²) >= 11 is 0. The fourth-order valence-corrected chi connectivity index (χ4v) is 1.64. The van der Waals surface area contributed by atoms with Gasteiger partial charge in [-0.1, -0.05) is 30.3 Å². The molecule has 2 aromatic carbocycles. The maximum absolute atomic E-state index is 12.1. The second-order valence-electron chi connectivity index (χ2n) is 3.72. The lowest BCUT2D eigenvalue weighted by molar-refractivity contribution is 0.102. The van der Waals surface area contributed by atoms with Gasteiger partial charge in [-0.05, 0) is 31.2 Å². The molecule has 2 rings (SSSR count). The number of carbonyl (C=O) groups excluding carboxylic acids is 1. The van der Waals surface area contributed by atoms with E-state index in [-0.39, 0.29) is 5.91 Å². The van der Waals surface area contributed by atoms with Crippen LogP contribution in [0, 0.1) is 0 Å². The molecule has 0 aliphatic rings. The van der Waals surface area contributed by atoms with Crippen LogP contribution in [0.15, 0.2) is 59.6 Å². The van der Waals surface area contributed by atoms with Crippen LogP contribution in [0.2, 0.25) is 0 Å². The molecule has 1 amide bonds. The summed E-state index contributed by atoms with van der Waals surface area (Å²) in [5, 5.41) is 2.84. The lowest BCUT2D eigenvalue weighted by Gasteiger charge is -2.07. The first-order chi connectivity index (χ1) is 8.81. The number of nitrogens with one attached hydrogen (secondary N) is 1. The quantitative estimate of drug-likeness (QED) is 0.814. The van der Waals surface area contributed by atoms with Crippen molar-refractivity contribution in [1.82, 2.24) is 0 Å². The SMILES string of the molecule is C/C=N/c1ccccc1C(=O)Nc1ccccc1. The molecule has 0 radical (unpaired) electrons. The first kappa shape index (κ1) is 12.0. The number of para-hydroxylation sites is 2. The van der Waals surface area contributed by atoms with E-state index < -0.39 is 0 Å². The second kappa shape index (κ2) is 5.77. The largest absolute Gasteiger partial charge is 0.322 e. The van der Waals surface area contributed by atoms with Crippen molar-refractivity contribution in [3.63, 3.8) is 0 Å². The predicted molar refractivity (Wildman–Crippen MR) is 74.7 cm³/mol. The van der Waals surface area contributed by atoms with Crippen LogP contribution in [0.25, 0.3) is 0 Å². The number of anilines is 1. The first-order valence-corrected chi connectivity index (χ1v) is 5.75. The topological polar surface area (TPSA) is 41.5 Å². The van der Waals surface area contributed by atoms with Gasteiger partial charge in [0.25, 0.3) is 5.91 Å². The molecule has 0 bridgehead atoms. The molecule has 0 aliphatic heterocycles. The monoisotopic (exact) mass is 238 g/mol. The van der Waals surface area contributed by atoms with E-state index in [9.17, 15) is 4.79 Å². The van der Waals surface area contributed by atoms with Crippen LogP contribution in [0.5, 0.6) is 0 Å². The molecule has 0 aromatic heterocycles. The highest BCUT2D eigenvalue weighted by molar-refractivity contribution is 6.07. The van der Waals surface area contributed by atoms with Crippen LogP contribution < -0.4 is 5.32 Å². The average Bonchev–Trinajstić information content (AvgIpc) is 2.41. The van der Waals surface area contributed by atoms with E-state index in [0.717, 1.165) is 5.69 Å². The number of carbonyl (C=O) groups is 1. The van der Waals surface area contributed by atoms with E-state index in [1.165, 1.54) is 0 Å². The van der Waals surface area contributed by atoms with Crippen LogP contribution in [-0.4, -0.2) is 12.1 Å². The first-order valence-electron chi connectivity index (χ1n) is 5.75. The Labute approximate surface area is 106 Å². The second-order valence-corrected chi connectivity index (χ2v) is 3.72. The average molecular weight is 238 g/mol. The van der Waals surface area contributed by atoms with Gasteiger partial charge < -0.3 is 5.32 Å². The van der Waals surface area contributed by atoms with Gasteiger partial charge in [-0.25, -0.2) is 0 Å². The lowest BCUT2D eigenvalue weighted by atomic mass is 10.1. The van der Waals surface area contributed by atoms with Gasteiger partial charge >= 0.3 is 0 Å². The zero-order valence-corrected chi connectivity index (χ0v) is 10.1. The highest BCUT2D eigenvalue weighted by atomic mass is 16.1. The smallest absolute Gasteiger partial charge is 0.257 e. The van der Waals surface area contributed by atoms with Crippen molar-refractivity contribution in [2.75, 3.05) is 5.32 Å². The molecule has 0 aliphatic carbocycles. The fourth-order valence-electron chi connectivity index (χ4n) is 1.64. The van der Waals surface area contributed by atoms with E-state index in [1.807, 2.05) is 55.5 Å². The van der Waals surface area contributed by atoms with Crippen molar-refractivity contribution in [1.29, 1.82) is 0 Å². The highest BCUT2D eigenvalue weighted by Gasteiger charge is 2.09. The summed E-state index contributed by atoms with van der Waals surface area (Å²) in [6.07, 6.45) is 1.68. The Morgan fingerprint density at radius 3 is 2.44 bits per heavy atom. The minimum Gasteiger partial charge on any atom is -0.322 e. The molecular formula is C15H14N2O. The van der Waals surface area contributed by atoms with Crippen molar-refractivity contribution < 1.29 is 4.79 Å². The van der Waals surface area contributed by atoms with Gasteiger partial charge in [-0.3, -0.25) is 9.79 Å². The van der Waals surface area contributed by atoms with E-state index in [4.69, 9.17) is 0 Å². The van der Waals surface area contributed by atoms with Gasteiger partial charge in [0.15, 0.2) is 0 Å². The Morgan fingerprint density at radius 2 is 1.72 bits per heavy atom. The van der Waals surface area contributed by atoms with Gasteiger partial charge in [-0.15, -0.1) is 0 Å². The summed E-state index contributed by atoms with van der Waals surface area (Å²) < 4.78 is 0. The Hall–Kier alpha value is -2.42. The molecule has 18 heavy (non-hydrogen) atoms. The van der Waals surface area contributed by atoms with E-state index in [0.29, 0.717) is 11.3 Å². The summed E-state index contributed by atoms with van der Waals surface area (Å²) in [4.78, 5) is 16.3. The zero-order chi connectivity index (χ0) is 12.8. The number of hydrogen-bond donors (Lipinski definition) is 1. The summed E-state index contributed by atoms with van der Waals surface area (Å²) in [5.74, 6) is -0.151. The Balaban J connectivity index is 2.24. The molecule has 0 atom stereocenters. The minimum absolute atomic E-state index is 0.151. The number of amides is 1. The molecule has 0 fully saturated rings. The van der Waals surface area contributed by atoms with E-state index >= 15 is 0 Å². The third-order valence-electron chi connectivity index (χ3n) is 2.45. The minimum atomic E-state index is -0.151. The number of benzene rings is 2. The van der Waals surface area contributed by atoms with Crippen molar-refractivity contribution in [3.05, 3.63) is 60.2 Å². The third-order valence-corrected chi connectivity index (χ3v) is 2.45. The predicted octanol–water partition coefficient (Wildman–Crippen LogP) is 3.66. The van der Waals surface area contributed by atoms with Gasteiger partial charge in [0.1, 0.15) is 0 Å². The summed E-state index contributed by atoms with van der Waals surface area (Å²) in [6.45, 7) is 1.83. The third kappa shape index (κ3) is 2.83. The molecule has 0 saturated heterocycles. The Bertz CT molecular complexity index is 562. The normalized spacial score (nSPS) is 10.5. The molecule has 2 aromatic rings. The van der Waals surface area contributed by atoms with Gasteiger partial charge in [-0.2, -0.15) is 0 Å². The molecule has 0 spiro atoms. The maximum atomic E-state index is 12.1. The molecule has 90 valence electrons. The molecule has 0 unspecified atom stereocenters. The summed E-state index contributed by atoms with van der Waals surface area (Å²) in [5.41, 5.74) is 2.02. The highest BCUT2D eigenvalue weighted by Crippen LogP contribution is 2.19. The molecular weight excluding hydrogens is 224 g/mol. The molecule has 3 nitrogen and oxygen atoms in total. The molecule has 3 heteroatoms. The molecule has 0 saturated carbocycles. The number of rotatable bonds is 3. The lowest BCUT2D eigenvalue weighted by Crippen LogP contribution is -2.11. The van der Waals surface area contributed by atoms with Crippen molar-refractivity contribution in [2.45, 2.75) is 6.92 Å². The van der Waals surface area contributed by atoms with E-state index in [2.05, 4.69) is 10.3 Å². The van der Waals surface area contributed by atoms with Crippen molar-refractivity contribution >= 4 is 23.5 Å². The maximum Gasteiger partial charge on any atom is 0.257 e. The standard InChI is InChI=1S/C15H14N2O/c1-2-16-14-11-7-6-10-13(14)15(18)17-12-8-4-3-5-9-12/h2-11H,1H3,(H,17,18)/b16-2+. The number of nitrogens with zero attached hydrogens (tertiary/aromatic N) is 1. The van der Waals surface area contributed by atoms with Crippen molar-refractivity contribution in [3.8, 4) is 0 Å². The van der Waals surface area contributed by atoms with Crippen LogP contribution >= 0.6 is 0 Å². The molecule has 0 heterocycles. The van der Waals surface area contributed by atoms with Crippen LogP contribution in [0.1, 0.15) is 17.3 Å². The Kier molecular flexibility index (Phi) is 3.86. The van der Waals surface area contributed by atoms with E-state index in [1.54, 1.807) is 12.3 Å².